The van der Waals surface area contributed by atoms with Crippen LogP contribution in [0, 0.1) is 17.2 Å². The van der Waals surface area contributed by atoms with Crippen molar-refractivity contribution in [3.8, 4) is 6.07 Å². The number of hydrogen-bond donors (Lipinski definition) is 1. The highest BCUT2D eigenvalue weighted by Crippen LogP contribution is 2.29. The molecule has 0 unspecified atom stereocenters. The van der Waals surface area contributed by atoms with Crippen molar-refractivity contribution in [2.45, 2.75) is 38.9 Å². The second kappa shape index (κ2) is 7.81. The minimum absolute atomic E-state index is 0.203. The average Bonchev–Trinajstić information content (AvgIpc) is 2.86. The fraction of sp³-hybridized carbons (Fsp3) is 0.588. The lowest BCUT2D eigenvalue weighted by Crippen LogP contribution is -2.49. The second-order valence-corrected chi connectivity index (χ2v) is 9.76. The number of nitriles is 1. The van der Waals surface area contributed by atoms with E-state index in [0.717, 1.165) is 10.6 Å². The quantitative estimate of drug-likeness (QED) is 0.783. The molecule has 1 aliphatic heterocycles. The molecule has 1 aliphatic rings. The summed E-state index contributed by atoms with van der Waals surface area (Å²) in [5.74, 6) is 0.484. The summed E-state index contributed by atoms with van der Waals surface area (Å²) in [4.78, 5) is 4.20. The van der Waals surface area contributed by atoms with Crippen molar-refractivity contribution >= 4 is 33.1 Å². The van der Waals surface area contributed by atoms with E-state index in [-0.39, 0.29) is 25.0 Å². The maximum atomic E-state index is 14.5. The number of sulfonamides is 1. The van der Waals surface area contributed by atoms with Crippen LogP contribution in [0.1, 0.15) is 31.5 Å². The minimum atomic E-state index is -3.42. The lowest BCUT2D eigenvalue weighted by molar-refractivity contribution is 0.186. The predicted molar refractivity (Wildman–Crippen MR) is 105 cm³/mol. The second-order valence-electron chi connectivity index (χ2n) is 7.40. The first kappa shape index (κ1) is 20.8. The first-order chi connectivity index (χ1) is 13.1. The third-order valence-electron chi connectivity index (χ3n) is 4.72. The number of anilines is 1. The summed E-state index contributed by atoms with van der Waals surface area (Å²) in [6, 6.07) is 1.52. The first-order valence-corrected chi connectivity index (χ1v) is 11.2. The van der Waals surface area contributed by atoms with Gasteiger partial charge in [-0.3, -0.25) is 0 Å². The fourth-order valence-electron chi connectivity index (χ4n) is 3.33. The van der Waals surface area contributed by atoms with Crippen LogP contribution < -0.4 is 5.32 Å². The Morgan fingerprint density at radius 1 is 1.50 bits per heavy atom. The molecular formula is C17H22ClFN6O2S. The molecule has 0 saturated carbocycles. The molecule has 11 heteroatoms. The Bertz CT molecular complexity index is 1030. The van der Waals surface area contributed by atoms with Gasteiger partial charge in [-0.2, -0.15) is 9.57 Å². The molecule has 0 aliphatic carbocycles. The molecule has 3 heterocycles. The van der Waals surface area contributed by atoms with Crippen LogP contribution in [0.5, 0.6) is 0 Å². The molecule has 2 aromatic rings. The smallest absolute Gasteiger partial charge is 0.241 e. The Labute approximate surface area is 168 Å². The average molecular weight is 429 g/mol. The van der Waals surface area contributed by atoms with Gasteiger partial charge in [-0.1, -0.05) is 25.4 Å². The number of alkyl halides is 1. The zero-order valence-electron chi connectivity index (χ0n) is 15.9. The molecule has 1 fully saturated rings. The molecule has 0 amide bonds. The summed E-state index contributed by atoms with van der Waals surface area (Å²) in [6.45, 7) is 4.08. The summed E-state index contributed by atoms with van der Waals surface area (Å²) in [7, 11) is -3.42. The van der Waals surface area contributed by atoms with Crippen molar-refractivity contribution in [2.24, 2.45) is 5.92 Å². The number of aromatic nitrogens is 3. The lowest BCUT2D eigenvalue weighted by atomic mass is 10.1. The Morgan fingerprint density at radius 2 is 2.21 bits per heavy atom. The van der Waals surface area contributed by atoms with E-state index in [1.54, 1.807) is 4.52 Å². The molecule has 0 bridgehead atoms. The van der Waals surface area contributed by atoms with E-state index in [1.807, 2.05) is 13.8 Å². The van der Waals surface area contributed by atoms with E-state index in [9.17, 15) is 18.1 Å². The SMILES string of the molecule is CC(C)Cc1c(C#N)c(Cl)c2cnc(N[C@H]3CCN(S(C)(=O)=O)C[C@H]3F)nn12. The van der Waals surface area contributed by atoms with Crippen molar-refractivity contribution in [3.05, 3.63) is 22.5 Å². The Morgan fingerprint density at radius 3 is 2.79 bits per heavy atom. The summed E-state index contributed by atoms with van der Waals surface area (Å²) in [5.41, 5.74) is 1.57. The van der Waals surface area contributed by atoms with E-state index >= 15 is 0 Å². The Kier molecular flexibility index (Phi) is 5.79. The van der Waals surface area contributed by atoms with Crippen molar-refractivity contribution in [1.29, 1.82) is 5.26 Å². The van der Waals surface area contributed by atoms with Crippen molar-refractivity contribution in [2.75, 3.05) is 24.7 Å². The fourth-order valence-corrected chi connectivity index (χ4v) is 4.46. The van der Waals surface area contributed by atoms with Crippen LogP contribution in [0.3, 0.4) is 0 Å². The monoisotopic (exact) mass is 428 g/mol. The molecule has 3 rings (SSSR count). The molecule has 0 radical (unpaired) electrons. The van der Waals surface area contributed by atoms with Gasteiger partial charge in [0.2, 0.25) is 16.0 Å². The topological polar surface area (TPSA) is 103 Å². The summed E-state index contributed by atoms with van der Waals surface area (Å²) < 4.78 is 40.4. The van der Waals surface area contributed by atoms with Gasteiger partial charge in [0.25, 0.3) is 0 Å². The first-order valence-electron chi connectivity index (χ1n) is 8.93. The zero-order chi connectivity index (χ0) is 20.6. The third kappa shape index (κ3) is 4.06. The van der Waals surface area contributed by atoms with Crippen LogP contribution in [0.2, 0.25) is 5.02 Å². The minimum Gasteiger partial charge on any atom is -0.347 e. The summed E-state index contributed by atoms with van der Waals surface area (Å²) in [6.07, 6.45) is 2.08. The number of fused-ring (bicyclic) bond motifs is 1. The van der Waals surface area contributed by atoms with E-state index < -0.39 is 22.2 Å². The number of hydrogen-bond acceptors (Lipinski definition) is 6. The van der Waals surface area contributed by atoms with Crippen LogP contribution in [0.15, 0.2) is 6.20 Å². The highest BCUT2D eigenvalue weighted by Gasteiger charge is 2.33. The number of halogens is 2. The largest absolute Gasteiger partial charge is 0.347 e. The number of piperidine rings is 1. The van der Waals surface area contributed by atoms with Crippen LogP contribution in [-0.2, 0) is 16.4 Å². The van der Waals surface area contributed by atoms with Crippen LogP contribution >= 0.6 is 11.6 Å². The van der Waals surface area contributed by atoms with Gasteiger partial charge in [-0.15, -0.1) is 5.10 Å². The van der Waals surface area contributed by atoms with E-state index in [1.165, 1.54) is 6.20 Å². The molecule has 1 N–H and O–H groups in total. The van der Waals surface area contributed by atoms with Gasteiger partial charge >= 0.3 is 0 Å². The van der Waals surface area contributed by atoms with Crippen LogP contribution in [0.25, 0.3) is 5.52 Å². The third-order valence-corrected chi connectivity index (χ3v) is 6.37. The Hall–Kier alpha value is -1.96. The van der Waals surface area contributed by atoms with E-state index in [4.69, 9.17) is 11.6 Å². The van der Waals surface area contributed by atoms with Gasteiger partial charge in [0.15, 0.2) is 0 Å². The molecule has 0 aromatic carbocycles. The number of nitrogens with one attached hydrogen (secondary N) is 1. The van der Waals surface area contributed by atoms with Crippen molar-refractivity contribution < 1.29 is 12.8 Å². The van der Waals surface area contributed by atoms with E-state index in [0.29, 0.717) is 34.6 Å². The maximum absolute atomic E-state index is 14.5. The Balaban J connectivity index is 1.88. The summed E-state index contributed by atoms with van der Waals surface area (Å²) >= 11 is 6.31. The van der Waals surface area contributed by atoms with Crippen LogP contribution in [-0.4, -0.2) is 58.9 Å². The maximum Gasteiger partial charge on any atom is 0.241 e. The van der Waals surface area contributed by atoms with Gasteiger partial charge in [0.05, 0.1) is 34.8 Å². The van der Waals surface area contributed by atoms with E-state index in [2.05, 4.69) is 21.5 Å². The van der Waals surface area contributed by atoms with Crippen molar-refractivity contribution in [1.82, 2.24) is 18.9 Å². The molecule has 2 aromatic heterocycles. The zero-order valence-corrected chi connectivity index (χ0v) is 17.4. The molecule has 0 spiro atoms. The van der Waals surface area contributed by atoms with Gasteiger partial charge in [0.1, 0.15) is 17.8 Å². The number of rotatable bonds is 5. The molecule has 8 nitrogen and oxygen atoms in total. The van der Waals surface area contributed by atoms with Crippen molar-refractivity contribution in [3.63, 3.8) is 0 Å². The number of nitrogens with zero attached hydrogens (tertiary/aromatic N) is 5. The molecular weight excluding hydrogens is 407 g/mol. The highest BCUT2D eigenvalue weighted by molar-refractivity contribution is 7.88. The standard InChI is InChI=1S/C17H22ClFN6O2S/c1-10(2)6-14-11(7-20)16(18)15-8-21-17(23-25(14)15)22-13-4-5-24(9-12(13)19)28(3,26)27/h8,10,12-13H,4-6,9H2,1-3H3,(H,22,23)/t12-,13+/m1/s1. The molecule has 152 valence electrons. The van der Waals surface area contributed by atoms with Gasteiger partial charge in [-0.25, -0.2) is 22.3 Å². The molecule has 2 atom stereocenters. The van der Waals surface area contributed by atoms with Gasteiger partial charge in [0, 0.05) is 13.1 Å². The molecule has 1 saturated heterocycles. The van der Waals surface area contributed by atoms with Gasteiger partial charge < -0.3 is 5.32 Å². The van der Waals surface area contributed by atoms with Crippen LogP contribution in [0.4, 0.5) is 10.3 Å². The highest BCUT2D eigenvalue weighted by atomic mass is 35.5. The van der Waals surface area contributed by atoms with Gasteiger partial charge in [-0.05, 0) is 18.8 Å². The summed E-state index contributed by atoms with van der Waals surface area (Å²) in [5, 5.41) is 17.1. The lowest BCUT2D eigenvalue weighted by Gasteiger charge is -2.33. The predicted octanol–water partition coefficient (Wildman–Crippen LogP) is 2.24. The molecule has 28 heavy (non-hydrogen) atoms. The normalized spacial score (nSPS) is 21.2.